The molecule has 1 aliphatic heterocycles. The Morgan fingerprint density at radius 2 is 2.29 bits per heavy atom. The highest BCUT2D eigenvalue weighted by atomic mass is 16.7. The fourth-order valence-corrected chi connectivity index (χ4v) is 1.46. The molecule has 1 aliphatic rings. The number of anilines is 1. The van der Waals surface area contributed by atoms with Gasteiger partial charge in [0.05, 0.1) is 6.61 Å². The molecule has 0 aliphatic carbocycles. The topological polar surface area (TPSA) is 82.8 Å². The molecule has 6 nitrogen and oxygen atoms in total. The number of amides is 1. The number of nitrogens with one attached hydrogen (secondary N) is 1. The van der Waals surface area contributed by atoms with Crippen molar-refractivity contribution in [2.75, 3.05) is 25.8 Å². The van der Waals surface area contributed by atoms with Gasteiger partial charge in [-0.15, -0.1) is 0 Å². The van der Waals surface area contributed by atoms with Gasteiger partial charge in [0, 0.05) is 18.9 Å². The maximum absolute atomic E-state index is 11.6. The molecule has 1 aromatic rings. The van der Waals surface area contributed by atoms with Crippen molar-refractivity contribution < 1.29 is 19.0 Å². The SMILES string of the molecule is COCC(N)C(=O)Nc1ccc2c(c1)OCO2. The highest BCUT2D eigenvalue weighted by molar-refractivity contribution is 5.95. The minimum atomic E-state index is -0.689. The first-order valence-corrected chi connectivity index (χ1v) is 5.15. The van der Waals surface area contributed by atoms with E-state index in [2.05, 4.69) is 5.32 Å². The van der Waals surface area contributed by atoms with Crippen molar-refractivity contribution in [2.24, 2.45) is 5.73 Å². The van der Waals surface area contributed by atoms with Crippen LogP contribution in [-0.4, -0.2) is 32.5 Å². The summed E-state index contributed by atoms with van der Waals surface area (Å²) in [5.41, 5.74) is 6.21. The van der Waals surface area contributed by atoms with Crippen LogP contribution in [0.5, 0.6) is 11.5 Å². The van der Waals surface area contributed by atoms with E-state index in [9.17, 15) is 4.79 Å². The van der Waals surface area contributed by atoms with Crippen LogP contribution in [0.15, 0.2) is 18.2 Å². The summed E-state index contributed by atoms with van der Waals surface area (Å²) in [6, 6.07) is 4.47. The van der Waals surface area contributed by atoms with Gasteiger partial charge in [0.2, 0.25) is 12.7 Å². The molecular formula is C11H14N2O4. The van der Waals surface area contributed by atoms with Crippen LogP contribution in [-0.2, 0) is 9.53 Å². The summed E-state index contributed by atoms with van der Waals surface area (Å²) in [7, 11) is 1.49. The Hall–Kier alpha value is -1.79. The maximum atomic E-state index is 11.6. The quantitative estimate of drug-likeness (QED) is 0.789. The molecule has 1 heterocycles. The molecular weight excluding hydrogens is 224 g/mol. The lowest BCUT2D eigenvalue weighted by Gasteiger charge is -2.11. The van der Waals surface area contributed by atoms with Crippen molar-refractivity contribution >= 4 is 11.6 Å². The van der Waals surface area contributed by atoms with Gasteiger partial charge in [0.1, 0.15) is 6.04 Å². The van der Waals surface area contributed by atoms with Crippen LogP contribution in [0.4, 0.5) is 5.69 Å². The van der Waals surface area contributed by atoms with Gasteiger partial charge in [-0.05, 0) is 12.1 Å². The number of methoxy groups -OCH3 is 1. The zero-order valence-corrected chi connectivity index (χ0v) is 9.43. The van der Waals surface area contributed by atoms with E-state index in [1.54, 1.807) is 18.2 Å². The average Bonchev–Trinajstić information content (AvgIpc) is 2.76. The number of ether oxygens (including phenoxy) is 3. The second kappa shape index (κ2) is 5.03. The molecule has 0 saturated carbocycles. The van der Waals surface area contributed by atoms with E-state index in [-0.39, 0.29) is 19.3 Å². The highest BCUT2D eigenvalue weighted by Crippen LogP contribution is 2.34. The lowest BCUT2D eigenvalue weighted by Crippen LogP contribution is -2.39. The van der Waals surface area contributed by atoms with Crippen molar-refractivity contribution in [1.29, 1.82) is 0 Å². The molecule has 0 bridgehead atoms. The number of hydrogen-bond acceptors (Lipinski definition) is 5. The number of rotatable bonds is 4. The first-order chi connectivity index (χ1) is 8.20. The minimum absolute atomic E-state index is 0.177. The van der Waals surface area contributed by atoms with Crippen molar-refractivity contribution in [1.82, 2.24) is 0 Å². The van der Waals surface area contributed by atoms with E-state index < -0.39 is 6.04 Å². The zero-order valence-electron chi connectivity index (χ0n) is 9.43. The van der Waals surface area contributed by atoms with Crippen molar-refractivity contribution in [2.45, 2.75) is 6.04 Å². The van der Waals surface area contributed by atoms with E-state index >= 15 is 0 Å². The zero-order chi connectivity index (χ0) is 12.3. The second-order valence-corrected chi connectivity index (χ2v) is 3.62. The Balaban J connectivity index is 2.01. The van der Waals surface area contributed by atoms with Crippen LogP contribution in [0.3, 0.4) is 0 Å². The highest BCUT2D eigenvalue weighted by Gasteiger charge is 2.16. The van der Waals surface area contributed by atoms with Gasteiger partial charge >= 0.3 is 0 Å². The van der Waals surface area contributed by atoms with Crippen LogP contribution >= 0.6 is 0 Å². The van der Waals surface area contributed by atoms with Crippen LogP contribution in [0.25, 0.3) is 0 Å². The summed E-state index contributed by atoms with van der Waals surface area (Å²) >= 11 is 0. The Morgan fingerprint density at radius 3 is 3.06 bits per heavy atom. The van der Waals surface area contributed by atoms with Crippen LogP contribution in [0.2, 0.25) is 0 Å². The summed E-state index contributed by atoms with van der Waals surface area (Å²) < 4.78 is 15.2. The smallest absolute Gasteiger partial charge is 0.243 e. The van der Waals surface area contributed by atoms with E-state index in [1.165, 1.54) is 7.11 Å². The Kier molecular flexibility index (Phi) is 3.46. The van der Waals surface area contributed by atoms with Crippen LogP contribution in [0.1, 0.15) is 0 Å². The largest absolute Gasteiger partial charge is 0.454 e. The van der Waals surface area contributed by atoms with Crippen LogP contribution in [0, 0.1) is 0 Å². The molecule has 3 N–H and O–H groups in total. The molecule has 0 fully saturated rings. The lowest BCUT2D eigenvalue weighted by molar-refractivity contribution is -0.118. The molecule has 1 aromatic carbocycles. The fraction of sp³-hybridized carbons (Fsp3) is 0.364. The monoisotopic (exact) mass is 238 g/mol. The van der Waals surface area contributed by atoms with Crippen molar-refractivity contribution in [3.8, 4) is 11.5 Å². The van der Waals surface area contributed by atoms with E-state index in [1.807, 2.05) is 0 Å². The van der Waals surface area contributed by atoms with E-state index in [4.69, 9.17) is 19.9 Å². The summed E-state index contributed by atoms with van der Waals surface area (Å²) in [5, 5.41) is 2.68. The lowest BCUT2D eigenvalue weighted by atomic mass is 10.2. The van der Waals surface area contributed by atoms with Gasteiger partial charge < -0.3 is 25.3 Å². The Bertz CT molecular complexity index is 422. The molecule has 1 amide bonds. The Morgan fingerprint density at radius 1 is 1.53 bits per heavy atom. The van der Waals surface area contributed by atoms with Gasteiger partial charge in [-0.1, -0.05) is 0 Å². The van der Waals surface area contributed by atoms with E-state index in [0.717, 1.165) is 0 Å². The first kappa shape index (κ1) is 11.7. The molecule has 17 heavy (non-hydrogen) atoms. The number of fused-ring (bicyclic) bond motifs is 1. The summed E-state index contributed by atoms with van der Waals surface area (Å²) in [6.07, 6.45) is 0. The minimum Gasteiger partial charge on any atom is -0.454 e. The van der Waals surface area contributed by atoms with E-state index in [0.29, 0.717) is 17.2 Å². The third-order valence-electron chi connectivity index (χ3n) is 2.32. The number of nitrogens with two attached hydrogens (primary N) is 1. The molecule has 0 saturated heterocycles. The molecule has 92 valence electrons. The molecule has 2 rings (SSSR count). The second-order valence-electron chi connectivity index (χ2n) is 3.62. The number of benzene rings is 1. The summed E-state index contributed by atoms with van der Waals surface area (Å²) in [5.74, 6) is 0.984. The molecule has 1 atom stereocenters. The normalized spacial score (nSPS) is 14.5. The van der Waals surface area contributed by atoms with Gasteiger partial charge in [-0.3, -0.25) is 4.79 Å². The van der Waals surface area contributed by atoms with Gasteiger partial charge in [-0.2, -0.15) is 0 Å². The van der Waals surface area contributed by atoms with Gasteiger partial charge in [-0.25, -0.2) is 0 Å². The number of hydrogen-bond donors (Lipinski definition) is 2. The van der Waals surface area contributed by atoms with Crippen molar-refractivity contribution in [3.05, 3.63) is 18.2 Å². The number of carbonyl (C=O) groups is 1. The summed E-state index contributed by atoms with van der Waals surface area (Å²) in [4.78, 5) is 11.6. The Labute approximate surface area is 98.6 Å². The average molecular weight is 238 g/mol. The molecule has 0 spiro atoms. The van der Waals surface area contributed by atoms with Crippen molar-refractivity contribution in [3.63, 3.8) is 0 Å². The van der Waals surface area contributed by atoms with Gasteiger partial charge in [0.15, 0.2) is 11.5 Å². The van der Waals surface area contributed by atoms with Gasteiger partial charge in [0.25, 0.3) is 0 Å². The molecule has 0 aromatic heterocycles. The standard InChI is InChI=1S/C11H14N2O4/c1-15-5-8(12)11(14)13-7-2-3-9-10(4-7)17-6-16-9/h2-4,8H,5-6,12H2,1H3,(H,13,14). The third-order valence-corrected chi connectivity index (χ3v) is 2.32. The number of carbonyl (C=O) groups excluding carboxylic acids is 1. The predicted molar refractivity (Wildman–Crippen MR) is 61.0 cm³/mol. The maximum Gasteiger partial charge on any atom is 0.243 e. The van der Waals surface area contributed by atoms with Crippen LogP contribution < -0.4 is 20.5 Å². The molecule has 6 heteroatoms. The molecule has 1 unspecified atom stereocenters. The first-order valence-electron chi connectivity index (χ1n) is 5.15. The predicted octanol–water partition coefficient (Wildman–Crippen LogP) is 0.327. The fourth-order valence-electron chi connectivity index (χ4n) is 1.46. The third kappa shape index (κ3) is 2.66. The molecule has 0 radical (unpaired) electrons. The summed E-state index contributed by atoms with van der Waals surface area (Å²) in [6.45, 7) is 0.381.